The summed E-state index contributed by atoms with van der Waals surface area (Å²) in [5.74, 6) is -0.185. The molecule has 0 aliphatic heterocycles. The molecule has 0 saturated carbocycles. The summed E-state index contributed by atoms with van der Waals surface area (Å²) in [4.78, 5) is 0. The summed E-state index contributed by atoms with van der Waals surface area (Å²) in [5, 5.41) is 3.41. The number of aryl methyl sites for hydroxylation is 1. The normalized spacial score (nSPS) is 13.8. The first-order valence-electron chi connectivity index (χ1n) is 8.77. The van der Waals surface area contributed by atoms with Crippen LogP contribution in [0.3, 0.4) is 0 Å². The van der Waals surface area contributed by atoms with Gasteiger partial charge < -0.3 is 5.32 Å². The molecule has 25 heavy (non-hydrogen) atoms. The molecule has 134 valence electrons. The molecule has 2 heteroatoms. The topological polar surface area (TPSA) is 12.0 Å². The number of hydrogen-bond donors (Lipinski definition) is 1. The molecule has 1 aromatic rings. The van der Waals surface area contributed by atoms with Gasteiger partial charge in [0.1, 0.15) is 5.82 Å². The Labute approximate surface area is 152 Å². The van der Waals surface area contributed by atoms with E-state index in [1.165, 1.54) is 6.07 Å². The minimum absolute atomic E-state index is 0.185. The van der Waals surface area contributed by atoms with Gasteiger partial charge in [0.05, 0.1) is 0 Å². The molecule has 0 unspecified atom stereocenters. The van der Waals surface area contributed by atoms with Crippen molar-refractivity contribution in [2.45, 2.75) is 41.0 Å². The molecule has 0 fully saturated rings. The van der Waals surface area contributed by atoms with Gasteiger partial charge >= 0.3 is 0 Å². The monoisotopic (exact) mass is 339 g/mol. The second-order valence-electron chi connectivity index (χ2n) is 6.03. The predicted molar refractivity (Wildman–Crippen MR) is 109 cm³/mol. The van der Waals surface area contributed by atoms with Crippen molar-refractivity contribution in [1.29, 1.82) is 0 Å². The summed E-state index contributed by atoms with van der Waals surface area (Å²) in [6.45, 7) is 14.5. The van der Waals surface area contributed by atoms with Crippen LogP contribution in [0.2, 0.25) is 0 Å². The van der Waals surface area contributed by atoms with Gasteiger partial charge in [0.15, 0.2) is 0 Å². The van der Waals surface area contributed by atoms with Crippen molar-refractivity contribution in [1.82, 2.24) is 5.32 Å². The molecular weight excluding hydrogens is 309 g/mol. The molecule has 0 radical (unpaired) electrons. The molecule has 1 nitrogen and oxygen atoms in total. The van der Waals surface area contributed by atoms with Gasteiger partial charge in [-0.3, -0.25) is 0 Å². The Morgan fingerprint density at radius 3 is 2.56 bits per heavy atom. The minimum Gasteiger partial charge on any atom is -0.385 e. The lowest BCUT2D eigenvalue weighted by atomic mass is 9.92. The largest absolute Gasteiger partial charge is 0.385 e. The first-order valence-corrected chi connectivity index (χ1v) is 8.77. The van der Waals surface area contributed by atoms with Crippen molar-refractivity contribution in [2.75, 3.05) is 6.54 Å². The second-order valence-corrected chi connectivity index (χ2v) is 6.03. The van der Waals surface area contributed by atoms with E-state index < -0.39 is 0 Å². The first-order chi connectivity index (χ1) is 12.0. The van der Waals surface area contributed by atoms with Crippen LogP contribution in [0.25, 0.3) is 5.57 Å². The maximum absolute atomic E-state index is 14.5. The zero-order valence-electron chi connectivity index (χ0n) is 16.1. The van der Waals surface area contributed by atoms with Crippen LogP contribution >= 0.6 is 0 Å². The number of allylic oxidation sites excluding steroid dienone is 7. The summed E-state index contributed by atoms with van der Waals surface area (Å²) in [5.41, 5.74) is 5.77. The molecule has 0 bridgehead atoms. The number of benzene rings is 1. The highest BCUT2D eigenvalue weighted by Crippen LogP contribution is 2.29. The fourth-order valence-corrected chi connectivity index (χ4v) is 2.67. The minimum atomic E-state index is -0.185. The molecule has 0 heterocycles. The molecule has 0 aliphatic carbocycles. The quantitative estimate of drug-likeness (QED) is 0.533. The van der Waals surface area contributed by atoms with E-state index in [1.54, 1.807) is 12.1 Å². The molecule has 0 atom stereocenters. The standard InChI is InChI=1S/C23H30FN/c1-7-10-14-20(12-8-2)21(16-25-18(5)9-3)19(6)23-17(4)13-11-15-22(23)24/h8-15,25H,2,7,16H2,1,3-6H3/b14-10-,18-9+,20-12+,21-19-. The van der Waals surface area contributed by atoms with Gasteiger partial charge in [-0.1, -0.05) is 56.0 Å². The van der Waals surface area contributed by atoms with Gasteiger partial charge in [-0.25, -0.2) is 4.39 Å². The number of nitrogens with one attached hydrogen (secondary N) is 1. The van der Waals surface area contributed by atoms with Crippen molar-refractivity contribution in [2.24, 2.45) is 0 Å². The number of halogens is 1. The smallest absolute Gasteiger partial charge is 0.130 e. The third-order valence-corrected chi connectivity index (χ3v) is 4.21. The van der Waals surface area contributed by atoms with Gasteiger partial charge in [-0.05, 0) is 62.5 Å². The molecule has 1 aromatic carbocycles. The Bertz CT molecular complexity index is 697. The van der Waals surface area contributed by atoms with Crippen LogP contribution in [0.4, 0.5) is 4.39 Å². The van der Waals surface area contributed by atoms with E-state index in [9.17, 15) is 4.39 Å². The van der Waals surface area contributed by atoms with Crippen LogP contribution in [0.15, 0.2) is 72.0 Å². The Hall–Kier alpha value is -2.35. The second kappa shape index (κ2) is 10.5. The Morgan fingerprint density at radius 2 is 2.00 bits per heavy atom. The third-order valence-electron chi connectivity index (χ3n) is 4.21. The highest BCUT2D eigenvalue weighted by atomic mass is 19.1. The lowest BCUT2D eigenvalue weighted by molar-refractivity contribution is 0.622. The summed E-state index contributed by atoms with van der Waals surface area (Å²) >= 11 is 0. The highest BCUT2D eigenvalue weighted by Gasteiger charge is 2.14. The fraction of sp³-hybridized carbons (Fsp3) is 0.304. The lowest BCUT2D eigenvalue weighted by Gasteiger charge is -2.18. The van der Waals surface area contributed by atoms with Crippen LogP contribution in [-0.2, 0) is 0 Å². The average Bonchev–Trinajstić information content (AvgIpc) is 2.59. The number of rotatable bonds is 8. The molecule has 0 aliphatic rings. The third kappa shape index (κ3) is 5.90. The van der Waals surface area contributed by atoms with E-state index in [4.69, 9.17) is 0 Å². The van der Waals surface area contributed by atoms with E-state index in [1.807, 2.05) is 45.9 Å². The van der Waals surface area contributed by atoms with Crippen LogP contribution in [-0.4, -0.2) is 6.54 Å². The molecule has 0 saturated heterocycles. The van der Waals surface area contributed by atoms with E-state index in [0.29, 0.717) is 12.1 Å². The van der Waals surface area contributed by atoms with Gasteiger partial charge in [0, 0.05) is 17.8 Å². The SMILES string of the molecule is C=C/C=C(\C=C/CC)C(/CN/C(C)=C/C)=C(/C)c1c(C)cccc1F. The molecule has 0 aromatic heterocycles. The first kappa shape index (κ1) is 20.7. The van der Waals surface area contributed by atoms with Crippen molar-refractivity contribution in [3.8, 4) is 0 Å². The van der Waals surface area contributed by atoms with Crippen molar-refractivity contribution >= 4 is 5.57 Å². The van der Waals surface area contributed by atoms with Crippen LogP contribution < -0.4 is 5.32 Å². The van der Waals surface area contributed by atoms with Crippen molar-refractivity contribution in [3.05, 3.63) is 88.9 Å². The Balaban J connectivity index is 3.54. The zero-order chi connectivity index (χ0) is 18.8. The molecule has 0 spiro atoms. The van der Waals surface area contributed by atoms with Gasteiger partial charge in [0.2, 0.25) is 0 Å². The molecule has 1 N–H and O–H groups in total. The van der Waals surface area contributed by atoms with Crippen molar-refractivity contribution < 1.29 is 4.39 Å². The Morgan fingerprint density at radius 1 is 1.28 bits per heavy atom. The van der Waals surface area contributed by atoms with Gasteiger partial charge in [-0.15, -0.1) is 0 Å². The van der Waals surface area contributed by atoms with E-state index >= 15 is 0 Å². The maximum Gasteiger partial charge on any atom is 0.130 e. The van der Waals surface area contributed by atoms with E-state index in [0.717, 1.165) is 34.4 Å². The Kier molecular flexibility index (Phi) is 8.69. The summed E-state index contributed by atoms with van der Waals surface area (Å²) in [7, 11) is 0. The zero-order valence-corrected chi connectivity index (χ0v) is 16.1. The molecule has 0 amide bonds. The lowest BCUT2D eigenvalue weighted by Crippen LogP contribution is -2.17. The average molecular weight is 339 g/mol. The summed E-state index contributed by atoms with van der Waals surface area (Å²) in [6, 6.07) is 5.22. The van der Waals surface area contributed by atoms with Crippen LogP contribution in [0.5, 0.6) is 0 Å². The van der Waals surface area contributed by atoms with Gasteiger partial charge in [-0.2, -0.15) is 0 Å². The van der Waals surface area contributed by atoms with E-state index in [-0.39, 0.29) is 5.82 Å². The summed E-state index contributed by atoms with van der Waals surface area (Å²) in [6.07, 6.45) is 10.9. The van der Waals surface area contributed by atoms with Crippen LogP contribution in [0, 0.1) is 12.7 Å². The maximum atomic E-state index is 14.5. The van der Waals surface area contributed by atoms with E-state index in [2.05, 4.69) is 31.0 Å². The van der Waals surface area contributed by atoms with Gasteiger partial charge in [0.25, 0.3) is 0 Å². The number of hydrogen-bond acceptors (Lipinski definition) is 1. The van der Waals surface area contributed by atoms with Crippen LogP contribution in [0.1, 0.15) is 45.2 Å². The molecular formula is C23H30FN. The highest BCUT2D eigenvalue weighted by molar-refractivity contribution is 5.75. The fourth-order valence-electron chi connectivity index (χ4n) is 2.67. The molecule has 1 rings (SSSR count). The van der Waals surface area contributed by atoms with Crippen molar-refractivity contribution in [3.63, 3.8) is 0 Å². The summed E-state index contributed by atoms with van der Waals surface area (Å²) < 4.78 is 14.5. The predicted octanol–water partition coefficient (Wildman–Crippen LogP) is 6.50.